The van der Waals surface area contributed by atoms with Gasteiger partial charge in [-0.2, -0.15) is 0 Å². The third-order valence-electron chi connectivity index (χ3n) is 4.03. The number of ether oxygens (including phenoxy) is 1. The Kier molecular flexibility index (Phi) is 4.07. The van der Waals surface area contributed by atoms with Gasteiger partial charge in [-0.15, -0.1) is 0 Å². The molecule has 0 amide bonds. The van der Waals surface area contributed by atoms with Gasteiger partial charge in [-0.3, -0.25) is 0 Å². The van der Waals surface area contributed by atoms with Crippen molar-refractivity contribution >= 4 is 0 Å². The molecule has 0 saturated heterocycles. The monoisotopic (exact) mass is 284 g/mol. The van der Waals surface area contributed by atoms with E-state index in [4.69, 9.17) is 4.74 Å². The molecule has 0 radical (unpaired) electrons. The molecule has 0 spiro atoms. The number of aryl methyl sites for hydroxylation is 2. The molecule has 2 heteroatoms. The van der Waals surface area contributed by atoms with Crippen molar-refractivity contribution < 1.29 is 9.13 Å². The van der Waals surface area contributed by atoms with Crippen molar-refractivity contribution in [2.24, 2.45) is 5.92 Å². The minimum absolute atomic E-state index is 0.107. The number of hydrogen-bond donors (Lipinski definition) is 0. The summed E-state index contributed by atoms with van der Waals surface area (Å²) in [5, 5.41) is 0. The summed E-state index contributed by atoms with van der Waals surface area (Å²) in [4.78, 5) is 0. The molecule has 0 N–H and O–H groups in total. The number of hydrogen-bond acceptors (Lipinski definition) is 1. The second kappa shape index (κ2) is 5.98. The highest BCUT2D eigenvalue weighted by atomic mass is 19.1. The van der Waals surface area contributed by atoms with E-state index < -0.39 is 0 Å². The van der Waals surface area contributed by atoms with Crippen LogP contribution in [0.5, 0.6) is 0 Å². The second-order valence-electron chi connectivity index (χ2n) is 6.08. The Morgan fingerprint density at radius 1 is 1.10 bits per heavy atom. The van der Waals surface area contributed by atoms with Crippen LogP contribution in [0.3, 0.4) is 0 Å². The molecule has 1 fully saturated rings. The van der Waals surface area contributed by atoms with Gasteiger partial charge in [-0.1, -0.05) is 42.0 Å². The molecule has 3 rings (SSSR count). The van der Waals surface area contributed by atoms with E-state index in [0.717, 1.165) is 17.7 Å². The van der Waals surface area contributed by atoms with Crippen molar-refractivity contribution in [2.75, 3.05) is 6.61 Å². The van der Waals surface area contributed by atoms with Crippen LogP contribution in [-0.4, -0.2) is 6.61 Å². The lowest BCUT2D eigenvalue weighted by Crippen LogP contribution is -2.09. The zero-order valence-electron chi connectivity index (χ0n) is 12.6. The molecule has 1 aliphatic rings. The van der Waals surface area contributed by atoms with Crippen molar-refractivity contribution in [1.82, 2.24) is 0 Å². The topological polar surface area (TPSA) is 9.23 Å². The highest BCUT2D eigenvalue weighted by Crippen LogP contribution is 2.34. The summed E-state index contributed by atoms with van der Waals surface area (Å²) < 4.78 is 19.7. The maximum absolute atomic E-state index is 13.5. The second-order valence-corrected chi connectivity index (χ2v) is 6.08. The molecule has 0 bridgehead atoms. The van der Waals surface area contributed by atoms with Crippen molar-refractivity contribution in [2.45, 2.75) is 32.8 Å². The van der Waals surface area contributed by atoms with Crippen LogP contribution in [-0.2, 0) is 4.74 Å². The first kappa shape index (κ1) is 14.3. The van der Waals surface area contributed by atoms with Gasteiger partial charge in [0.05, 0.1) is 6.61 Å². The van der Waals surface area contributed by atoms with Gasteiger partial charge in [-0.05, 0) is 55.4 Å². The minimum Gasteiger partial charge on any atom is -0.369 e. The summed E-state index contributed by atoms with van der Waals surface area (Å²) in [5.74, 6) is 0.544. The van der Waals surface area contributed by atoms with Gasteiger partial charge >= 0.3 is 0 Å². The molecule has 21 heavy (non-hydrogen) atoms. The fourth-order valence-electron chi connectivity index (χ4n) is 2.57. The number of rotatable bonds is 5. The van der Waals surface area contributed by atoms with Gasteiger partial charge < -0.3 is 4.74 Å². The lowest BCUT2D eigenvalue weighted by molar-refractivity contribution is 0.0717. The van der Waals surface area contributed by atoms with Crippen LogP contribution in [0.15, 0.2) is 42.5 Å². The minimum atomic E-state index is -0.163. The molecule has 0 heterocycles. The van der Waals surface area contributed by atoms with Crippen LogP contribution >= 0.6 is 0 Å². The van der Waals surface area contributed by atoms with Gasteiger partial charge in [0, 0.05) is 0 Å². The van der Waals surface area contributed by atoms with Crippen molar-refractivity contribution in [3.8, 4) is 0 Å². The van der Waals surface area contributed by atoms with E-state index in [9.17, 15) is 4.39 Å². The molecule has 1 saturated carbocycles. The van der Waals surface area contributed by atoms with Crippen molar-refractivity contribution in [3.63, 3.8) is 0 Å². The van der Waals surface area contributed by atoms with Crippen LogP contribution in [0.1, 0.15) is 41.2 Å². The zero-order valence-corrected chi connectivity index (χ0v) is 12.6. The first-order valence-corrected chi connectivity index (χ1v) is 7.57. The summed E-state index contributed by atoms with van der Waals surface area (Å²) in [6, 6.07) is 13.6. The Balaban J connectivity index is 1.91. The molecule has 1 nitrogen and oxygen atoms in total. The lowest BCUT2D eigenvalue weighted by atomic mass is 9.98. The van der Waals surface area contributed by atoms with Crippen LogP contribution in [0.25, 0.3) is 0 Å². The standard InChI is InChI=1S/C19H21FO/c1-13-4-3-5-16(10-13)19(21-12-15-6-7-15)17-8-9-18(20)14(2)11-17/h3-5,8-11,15,19H,6-7,12H2,1-2H3. The summed E-state index contributed by atoms with van der Waals surface area (Å²) in [6.45, 7) is 4.67. The zero-order chi connectivity index (χ0) is 14.8. The Labute approximate surface area is 125 Å². The fourth-order valence-corrected chi connectivity index (χ4v) is 2.57. The van der Waals surface area contributed by atoms with E-state index in [-0.39, 0.29) is 11.9 Å². The Hall–Kier alpha value is -1.67. The third kappa shape index (κ3) is 3.51. The van der Waals surface area contributed by atoms with Crippen LogP contribution in [0.4, 0.5) is 4.39 Å². The highest BCUT2D eigenvalue weighted by molar-refractivity contribution is 5.35. The quantitative estimate of drug-likeness (QED) is 0.754. The van der Waals surface area contributed by atoms with Gasteiger partial charge in [0.25, 0.3) is 0 Å². The maximum atomic E-state index is 13.5. The van der Waals surface area contributed by atoms with E-state index in [1.807, 2.05) is 12.1 Å². The van der Waals surface area contributed by atoms with E-state index in [2.05, 4.69) is 31.2 Å². The predicted octanol–water partition coefficient (Wildman–Crippen LogP) is 4.96. The van der Waals surface area contributed by atoms with Crippen molar-refractivity contribution in [1.29, 1.82) is 0 Å². The van der Waals surface area contributed by atoms with Gasteiger partial charge in [0.1, 0.15) is 11.9 Å². The molecule has 110 valence electrons. The Morgan fingerprint density at radius 2 is 1.86 bits per heavy atom. The van der Waals surface area contributed by atoms with E-state index in [0.29, 0.717) is 11.5 Å². The summed E-state index contributed by atoms with van der Waals surface area (Å²) >= 11 is 0. The molecular weight excluding hydrogens is 263 g/mol. The average molecular weight is 284 g/mol. The summed E-state index contributed by atoms with van der Waals surface area (Å²) in [5.41, 5.74) is 4.05. The lowest BCUT2D eigenvalue weighted by Gasteiger charge is -2.20. The Bertz CT molecular complexity index is 631. The number of benzene rings is 2. The molecule has 2 aromatic rings. The predicted molar refractivity (Wildman–Crippen MR) is 82.8 cm³/mol. The largest absolute Gasteiger partial charge is 0.369 e. The van der Waals surface area contributed by atoms with Crippen LogP contribution < -0.4 is 0 Å². The highest BCUT2D eigenvalue weighted by Gasteiger charge is 2.24. The van der Waals surface area contributed by atoms with Gasteiger partial charge in [-0.25, -0.2) is 4.39 Å². The van der Waals surface area contributed by atoms with Crippen LogP contribution in [0.2, 0.25) is 0 Å². The fraction of sp³-hybridized carbons (Fsp3) is 0.368. The van der Waals surface area contributed by atoms with Crippen molar-refractivity contribution in [3.05, 3.63) is 70.5 Å². The molecule has 0 aromatic heterocycles. The summed E-state index contributed by atoms with van der Waals surface area (Å²) in [7, 11) is 0. The van der Waals surface area contributed by atoms with E-state index in [1.54, 1.807) is 6.92 Å². The molecule has 0 aliphatic heterocycles. The van der Waals surface area contributed by atoms with Crippen LogP contribution in [0, 0.1) is 25.6 Å². The molecule has 1 aliphatic carbocycles. The van der Waals surface area contributed by atoms with E-state index in [1.165, 1.54) is 24.5 Å². The smallest absolute Gasteiger partial charge is 0.126 e. The van der Waals surface area contributed by atoms with Gasteiger partial charge in [0.15, 0.2) is 0 Å². The third-order valence-corrected chi connectivity index (χ3v) is 4.03. The van der Waals surface area contributed by atoms with E-state index >= 15 is 0 Å². The summed E-state index contributed by atoms with van der Waals surface area (Å²) in [6.07, 6.45) is 2.43. The normalized spacial score (nSPS) is 16.0. The molecular formula is C19H21FO. The average Bonchev–Trinajstić information content (AvgIpc) is 3.27. The SMILES string of the molecule is Cc1cccc(C(OCC2CC2)c2ccc(F)c(C)c2)c1. The first-order chi connectivity index (χ1) is 10.1. The first-order valence-electron chi connectivity index (χ1n) is 7.57. The Morgan fingerprint density at radius 3 is 2.52 bits per heavy atom. The molecule has 1 atom stereocenters. The van der Waals surface area contributed by atoms with Gasteiger partial charge in [0.2, 0.25) is 0 Å². The molecule has 1 unspecified atom stereocenters. The molecule has 2 aromatic carbocycles. The number of halogens is 1. The maximum Gasteiger partial charge on any atom is 0.126 e.